The third-order valence-corrected chi connectivity index (χ3v) is 3.15. The molecule has 1 aliphatic heterocycles. The largest absolute Gasteiger partial charge is 0.480 e. The van der Waals surface area contributed by atoms with Crippen molar-refractivity contribution in [1.82, 2.24) is 4.98 Å². The average Bonchev–Trinajstić information content (AvgIpc) is 2.60. The lowest BCUT2D eigenvalue weighted by atomic mass is 10.3. The zero-order valence-corrected chi connectivity index (χ0v) is 9.60. The Hall–Kier alpha value is -0.790. The molecular formula is C8H9NO4S2. The number of hydrogen-bond acceptors (Lipinski definition) is 6. The number of fused-ring (bicyclic) bond motifs is 1. The van der Waals surface area contributed by atoms with Crippen LogP contribution < -0.4 is 4.74 Å². The van der Waals surface area contributed by atoms with Gasteiger partial charge < -0.3 is 4.74 Å². The van der Waals surface area contributed by atoms with Crippen LogP contribution in [0.15, 0.2) is 17.2 Å². The summed E-state index contributed by atoms with van der Waals surface area (Å²) >= 11 is 1.55. The van der Waals surface area contributed by atoms with Gasteiger partial charge in [-0.1, -0.05) is 11.8 Å². The fourth-order valence-corrected chi connectivity index (χ4v) is 2.21. The van der Waals surface area contributed by atoms with Crippen LogP contribution in [0.3, 0.4) is 0 Å². The lowest BCUT2D eigenvalue weighted by Crippen LogP contribution is -2.03. The van der Waals surface area contributed by atoms with Gasteiger partial charge in [0.2, 0.25) is 0 Å². The molecule has 0 radical (unpaired) electrons. The molecule has 82 valence electrons. The number of thioether (sulfide) groups is 1. The van der Waals surface area contributed by atoms with Gasteiger partial charge in [0.25, 0.3) is 10.1 Å². The van der Waals surface area contributed by atoms with Crippen molar-refractivity contribution in [2.24, 2.45) is 0 Å². The molecule has 0 atom stereocenters. The van der Waals surface area contributed by atoms with E-state index in [1.165, 1.54) is 0 Å². The van der Waals surface area contributed by atoms with E-state index in [0.29, 0.717) is 11.6 Å². The van der Waals surface area contributed by atoms with E-state index in [1.807, 2.05) is 0 Å². The second-order valence-corrected chi connectivity index (χ2v) is 5.60. The van der Waals surface area contributed by atoms with Gasteiger partial charge in [-0.3, -0.25) is 9.17 Å². The summed E-state index contributed by atoms with van der Waals surface area (Å²) in [5.41, 5.74) is 0.581. The van der Waals surface area contributed by atoms with Gasteiger partial charge in [0.15, 0.2) is 5.75 Å². The molecule has 7 heteroatoms. The number of pyridine rings is 1. The molecule has 0 unspecified atom stereocenters. The van der Waals surface area contributed by atoms with Crippen LogP contribution in [-0.2, 0) is 20.9 Å². The highest BCUT2D eigenvalue weighted by Crippen LogP contribution is 2.35. The Balaban J connectivity index is 2.10. The van der Waals surface area contributed by atoms with E-state index in [9.17, 15) is 8.42 Å². The van der Waals surface area contributed by atoms with Crippen molar-refractivity contribution < 1.29 is 17.3 Å². The highest BCUT2D eigenvalue weighted by atomic mass is 32.2. The Bertz CT molecular complexity index is 472. The summed E-state index contributed by atoms with van der Waals surface area (Å²) in [5.74, 6) is 1.32. The molecule has 0 fully saturated rings. The van der Waals surface area contributed by atoms with Crippen LogP contribution in [0.4, 0.5) is 0 Å². The van der Waals surface area contributed by atoms with Gasteiger partial charge in [-0.05, 0) is 6.07 Å². The van der Waals surface area contributed by atoms with Crippen LogP contribution in [0.25, 0.3) is 0 Å². The minimum absolute atomic E-state index is 0.0350. The topological polar surface area (TPSA) is 65.5 Å². The van der Waals surface area contributed by atoms with Gasteiger partial charge >= 0.3 is 0 Å². The van der Waals surface area contributed by atoms with E-state index >= 15 is 0 Å². The zero-order valence-electron chi connectivity index (χ0n) is 7.97. The molecule has 0 aliphatic carbocycles. The van der Waals surface area contributed by atoms with Crippen LogP contribution in [0.5, 0.6) is 5.75 Å². The molecule has 0 amide bonds. The molecule has 1 aliphatic rings. The number of rotatable bonds is 3. The minimum Gasteiger partial charge on any atom is -0.480 e. The molecule has 0 aromatic carbocycles. The van der Waals surface area contributed by atoms with Crippen molar-refractivity contribution in [1.29, 1.82) is 0 Å². The summed E-state index contributed by atoms with van der Waals surface area (Å²) in [6.07, 6.45) is 2.59. The van der Waals surface area contributed by atoms with Gasteiger partial charge in [0, 0.05) is 0 Å². The first-order valence-electron chi connectivity index (χ1n) is 4.13. The van der Waals surface area contributed by atoms with Crippen molar-refractivity contribution in [3.8, 4) is 5.75 Å². The van der Waals surface area contributed by atoms with E-state index in [1.54, 1.807) is 24.0 Å². The highest BCUT2D eigenvalue weighted by molar-refractivity contribution is 7.99. The quantitative estimate of drug-likeness (QED) is 0.742. The third-order valence-electron chi connectivity index (χ3n) is 1.74. The molecule has 0 N–H and O–H groups in total. The molecule has 2 rings (SSSR count). The molecule has 0 bridgehead atoms. The first-order chi connectivity index (χ1) is 7.04. The first-order valence-corrected chi connectivity index (χ1v) is 6.94. The molecule has 0 saturated heterocycles. The molecule has 2 heterocycles. The van der Waals surface area contributed by atoms with Crippen LogP contribution in [0.2, 0.25) is 0 Å². The summed E-state index contributed by atoms with van der Waals surface area (Å²) in [6, 6.07) is 1.78. The summed E-state index contributed by atoms with van der Waals surface area (Å²) in [4.78, 5) is 5.00. The second kappa shape index (κ2) is 3.99. The summed E-state index contributed by atoms with van der Waals surface area (Å²) in [7, 11) is -3.41. The van der Waals surface area contributed by atoms with Gasteiger partial charge in [-0.25, -0.2) is 0 Å². The Kier molecular flexibility index (Phi) is 2.85. The lowest BCUT2D eigenvalue weighted by Gasteiger charge is -2.02. The summed E-state index contributed by atoms with van der Waals surface area (Å²) < 4.78 is 31.4. The molecule has 0 saturated carbocycles. The van der Waals surface area contributed by atoms with E-state index in [4.69, 9.17) is 4.74 Å². The van der Waals surface area contributed by atoms with E-state index < -0.39 is 10.1 Å². The summed E-state index contributed by atoms with van der Waals surface area (Å²) in [5, 5.41) is 0. The number of ether oxygens (including phenoxy) is 1. The third kappa shape index (κ3) is 2.83. The normalized spacial score (nSPS) is 14.7. The predicted molar refractivity (Wildman–Crippen MR) is 55.2 cm³/mol. The number of hydrogen-bond donors (Lipinski definition) is 0. The Labute approximate surface area is 91.9 Å². The monoisotopic (exact) mass is 247 g/mol. The van der Waals surface area contributed by atoms with Crippen molar-refractivity contribution in [2.45, 2.75) is 11.5 Å². The van der Waals surface area contributed by atoms with Gasteiger partial charge in [-0.2, -0.15) is 8.42 Å². The van der Waals surface area contributed by atoms with E-state index in [0.717, 1.165) is 16.9 Å². The van der Waals surface area contributed by atoms with Crippen molar-refractivity contribution >= 4 is 21.9 Å². The lowest BCUT2D eigenvalue weighted by molar-refractivity contribution is 0.306. The predicted octanol–water partition coefficient (Wildman–Crippen LogP) is 1.000. The molecule has 0 spiro atoms. The zero-order chi connectivity index (χ0) is 10.9. The summed E-state index contributed by atoms with van der Waals surface area (Å²) in [6.45, 7) is -0.0350. The molecule has 1 aromatic heterocycles. The van der Waals surface area contributed by atoms with Gasteiger partial charge in [0.1, 0.15) is 12.5 Å². The maximum Gasteiger partial charge on any atom is 0.264 e. The number of nitrogens with zero attached hydrogens (tertiary/aromatic N) is 1. The van der Waals surface area contributed by atoms with E-state index in [-0.39, 0.29) is 6.61 Å². The van der Waals surface area contributed by atoms with Gasteiger partial charge in [-0.15, -0.1) is 0 Å². The molecule has 15 heavy (non-hydrogen) atoms. The number of aromatic nitrogens is 1. The SMILES string of the molecule is CS(=O)(=O)OCc1cc2c(cn1)OCS2. The van der Waals surface area contributed by atoms with Crippen LogP contribution in [-0.4, -0.2) is 25.6 Å². The molecule has 5 nitrogen and oxygen atoms in total. The second-order valence-electron chi connectivity index (χ2n) is 3.00. The van der Waals surface area contributed by atoms with Crippen LogP contribution in [0.1, 0.15) is 5.69 Å². The Morgan fingerprint density at radius 1 is 1.67 bits per heavy atom. The van der Waals surface area contributed by atoms with E-state index in [2.05, 4.69) is 9.17 Å². The standard InChI is InChI=1S/C8H9NO4S2/c1-15(10,11)13-4-6-2-8-7(3-9-6)12-5-14-8/h2-3H,4-5H2,1H3. The van der Waals surface area contributed by atoms with Crippen molar-refractivity contribution in [3.63, 3.8) is 0 Å². The Morgan fingerprint density at radius 2 is 2.47 bits per heavy atom. The Morgan fingerprint density at radius 3 is 3.20 bits per heavy atom. The van der Waals surface area contributed by atoms with Gasteiger partial charge in [0.05, 0.1) is 23.0 Å². The maximum absolute atomic E-state index is 10.8. The molecule has 1 aromatic rings. The molecular weight excluding hydrogens is 238 g/mol. The first kappa shape index (κ1) is 10.7. The highest BCUT2D eigenvalue weighted by Gasteiger charge is 2.14. The average molecular weight is 247 g/mol. The van der Waals surface area contributed by atoms with Crippen molar-refractivity contribution in [3.05, 3.63) is 18.0 Å². The van der Waals surface area contributed by atoms with Crippen LogP contribution in [0, 0.1) is 0 Å². The fourth-order valence-electron chi connectivity index (χ4n) is 1.09. The smallest absolute Gasteiger partial charge is 0.264 e. The van der Waals surface area contributed by atoms with Crippen molar-refractivity contribution in [2.75, 3.05) is 12.2 Å². The minimum atomic E-state index is -3.41. The maximum atomic E-state index is 10.8. The van der Waals surface area contributed by atoms with Crippen LogP contribution >= 0.6 is 11.8 Å². The fraction of sp³-hybridized carbons (Fsp3) is 0.375.